The van der Waals surface area contributed by atoms with Crippen LogP contribution in [0.3, 0.4) is 0 Å². The summed E-state index contributed by atoms with van der Waals surface area (Å²) in [5, 5.41) is 1.14. The molecule has 1 amide bonds. The molecule has 0 fully saturated rings. The quantitative estimate of drug-likeness (QED) is 0.405. The number of benzene rings is 2. The van der Waals surface area contributed by atoms with Crippen molar-refractivity contribution in [1.29, 1.82) is 0 Å². The Balaban J connectivity index is 2.54. The van der Waals surface area contributed by atoms with Crippen molar-refractivity contribution in [3.8, 4) is 5.75 Å². The first-order valence-corrected chi connectivity index (χ1v) is 13.6. The summed E-state index contributed by atoms with van der Waals surface area (Å²) < 4.78 is 6.86. The molecular weight excluding hydrogens is 418 g/mol. The van der Waals surface area contributed by atoms with Crippen LogP contribution >= 0.6 is 15.9 Å². The van der Waals surface area contributed by atoms with Crippen molar-refractivity contribution in [3.63, 3.8) is 0 Å². The average Bonchev–Trinajstić information content (AvgIpc) is 2.62. The van der Waals surface area contributed by atoms with Crippen molar-refractivity contribution >= 4 is 45.8 Å². The van der Waals surface area contributed by atoms with Gasteiger partial charge in [0, 0.05) is 23.1 Å². The summed E-state index contributed by atoms with van der Waals surface area (Å²) in [5.41, 5.74) is 1.99. The number of amides is 1. The van der Waals surface area contributed by atoms with Gasteiger partial charge in [-0.25, -0.2) is 4.79 Å². The highest BCUT2D eigenvalue weighted by Crippen LogP contribution is 2.32. The van der Waals surface area contributed by atoms with E-state index in [2.05, 4.69) is 47.7 Å². The zero-order chi connectivity index (χ0) is 20.0. The van der Waals surface area contributed by atoms with E-state index in [0.717, 1.165) is 20.8 Å². The Morgan fingerprint density at radius 2 is 1.67 bits per heavy atom. The Labute approximate surface area is 172 Å². The maximum absolute atomic E-state index is 12.7. The first-order chi connectivity index (χ1) is 12.8. The van der Waals surface area contributed by atoms with Crippen LogP contribution in [0, 0.1) is 0 Å². The minimum atomic E-state index is -1.71. The van der Waals surface area contributed by atoms with Crippen molar-refractivity contribution in [2.24, 2.45) is 0 Å². The highest BCUT2D eigenvalue weighted by molar-refractivity contribution is 9.15. The van der Waals surface area contributed by atoms with Gasteiger partial charge in [0.1, 0.15) is 5.75 Å². The van der Waals surface area contributed by atoms with Gasteiger partial charge in [-0.3, -0.25) is 0 Å². The topological polar surface area (TPSA) is 29.5 Å². The molecule has 2 aromatic carbocycles. The van der Waals surface area contributed by atoms with E-state index in [1.165, 1.54) is 0 Å². The van der Waals surface area contributed by atoms with Gasteiger partial charge in [-0.05, 0) is 30.7 Å². The summed E-state index contributed by atoms with van der Waals surface area (Å²) >= 11 is 3.71. The molecule has 0 saturated heterocycles. The monoisotopic (exact) mass is 445 g/mol. The van der Waals surface area contributed by atoms with E-state index in [4.69, 9.17) is 4.74 Å². The Bertz CT molecular complexity index is 809. The van der Waals surface area contributed by atoms with E-state index in [9.17, 15) is 4.79 Å². The number of nitrogens with zero attached hydrogens (tertiary/aromatic N) is 1. The van der Waals surface area contributed by atoms with Gasteiger partial charge in [0.2, 0.25) is 0 Å². The fourth-order valence-electron chi connectivity index (χ4n) is 2.83. The average molecular weight is 446 g/mol. The lowest BCUT2D eigenvalue weighted by molar-refractivity contribution is 0.157. The maximum Gasteiger partial charge on any atom is 0.415 e. The number of ether oxygens (including phenoxy) is 1. The highest BCUT2D eigenvalue weighted by Gasteiger charge is 2.26. The van der Waals surface area contributed by atoms with E-state index < -0.39 is 8.07 Å². The van der Waals surface area contributed by atoms with Gasteiger partial charge < -0.3 is 9.64 Å². The normalized spacial score (nSPS) is 12.0. The number of halogens is 1. The van der Waals surface area contributed by atoms with Gasteiger partial charge >= 0.3 is 6.09 Å². The fourth-order valence-corrected chi connectivity index (χ4v) is 4.87. The standard InChI is InChI=1S/C22H28BrNO2Si/c1-6-24(7-2)22(25)26-21-18(14-11-15-20(21)27(3,4)5)19(23)16-17-12-9-8-10-13-17/h8-16H,6-7H2,1-5H3/b19-16-. The number of carbonyl (C=O) groups excluding carboxylic acids is 1. The maximum atomic E-state index is 12.7. The molecule has 0 aliphatic heterocycles. The fraction of sp³-hybridized carbons (Fsp3) is 0.318. The Kier molecular flexibility index (Phi) is 7.45. The third-order valence-electron chi connectivity index (χ3n) is 4.38. The molecule has 27 heavy (non-hydrogen) atoms. The molecule has 0 atom stereocenters. The van der Waals surface area contributed by atoms with Gasteiger partial charge in [0.15, 0.2) is 0 Å². The van der Waals surface area contributed by atoms with Crippen molar-refractivity contribution in [2.75, 3.05) is 13.1 Å². The molecule has 0 aromatic heterocycles. The molecule has 0 saturated carbocycles. The van der Waals surface area contributed by atoms with Crippen LogP contribution in [0.5, 0.6) is 5.75 Å². The van der Waals surface area contributed by atoms with Crippen LogP contribution in [0.25, 0.3) is 10.6 Å². The molecule has 0 heterocycles. The van der Waals surface area contributed by atoms with Crippen LogP contribution in [0.1, 0.15) is 25.0 Å². The molecule has 0 unspecified atom stereocenters. The molecule has 0 N–H and O–H groups in total. The number of hydrogen-bond donors (Lipinski definition) is 0. The molecule has 0 bridgehead atoms. The molecule has 0 spiro atoms. The zero-order valence-corrected chi connectivity index (χ0v) is 19.3. The number of carbonyl (C=O) groups is 1. The third kappa shape index (κ3) is 5.56. The lowest BCUT2D eigenvalue weighted by atomic mass is 10.1. The van der Waals surface area contributed by atoms with Crippen LogP contribution in [-0.4, -0.2) is 32.2 Å². The van der Waals surface area contributed by atoms with E-state index in [1.807, 2.05) is 56.3 Å². The Hall–Kier alpha value is -1.85. The Morgan fingerprint density at radius 3 is 2.22 bits per heavy atom. The molecular formula is C22H28BrNO2Si. The summed E-state index contributed by atoms with van der Waals surface area (Å²) in [6.07, 6.45) is 1.75. The molecule has 0 aliphatic rings. The SMILES string of the molecule is CCN(CC)C(=O)Oc1c(/C(Br)=C/c2ccccc2)cccc1[Si](C)(C)C. The van der Waals surface area contributed by atoms with Crippen LogP contribution in [-0.2, 0) is 0 Å². The third-order valence-corrected chi connectivity index (χ3v) is 7.05. The van der Waals surface area contributed by atoms with Crippen LogP contribution in [0.2, 0.25) is 19.6 Å². The second-order valence-corrected chi connectivity index (χ2v) is 13.3. The second kappa shape index (κ2) is 9.38. The number of rotatable bonds is 6. The van der Waals surface area contributed by atoms with Gasteiger partial charge in [-0.2, -0.15) is 0 Å². The van der Waals surface area contributed by atoms with Crippen molar-refractivity contribution in [2.45, 2.75) is 33.5 Å². The predicted molar refractivity (Wildman–Crippen MR) is 122 cm³/mol. The van der Waals surface area contributed by atoms with Crippen LogP contribution < -0.4 is 9.92 Å². The first kappa shape index (κ1) is 21.4. The Morgan fingerprint density at radius 1 is 1.04 bits per heavy atom. The predicted octanol–water partition coefficient (Wildman–Crippen LogP) is 5.97. The van der Waals surface area contributed by atoms with Crippen molar-refractivity contribution < 1.29 is 9.53 Å². The van der Waals surface area contributed by atoms with Crippen LogP contribution in [0.4, 0.5) is 4.79 Å². The lowest BCUT2D eigenvalue weighted by Crippen LogP contribution is -2.41. The number of para-hydroxylation sites is 1. The van der Waals surface area contributed by atoms with Gasteiger partial charge in [0.05, 0.1) is 8.07 Å². The smallest absolute Gasteiger partial charge is 0.410 e. The van der Waals surface area contributed by atoms with Gasteiger partial charge in [0.25, 0.3) is 0 Å². The minimum absolute atomic E-state index is 0.299. The van der Waals surface area contributed by atoms with Crippen molar-refractivity contribution in [1.82, 2.24) is 4.90 Å². The highest BCUT2D eigenvalue weighted by atomic mass is 79.9. The summed E-state index contributed by atoms with van der Waals surface area (Å²) in [7, 11) is -1.71. The molecule has 144 valence electrons. The van der Waals surface area contributed by atoms with E-state index in [1.54, 1.807) is 4.90 Å². The first-order valence-electron chi connectivity index (χ1n) is 9.30. The van der Waals surface area contributed by atoms with Crippen molar-refractivity contribution in [3.05, 3.63) is 59.7 Å². The van der Waals surface area contributed by atoms with Gasteiger partial charge in [-0.15, -0.1) is 0 Å². The summed E-state index contributed by atoms with van der Waals surface area (Å²) in [6, 6.07) is 16.2. The van der Waals surface area contributed by atoms with E-state index >= 15 is 0 Å². The van der Waals surface area contributed by atoms with Crippen LogP contribution in [0.15, 0.2) is 48.5 Å². The molecule has 2 rings (SSSR count). The minimum Gasteiger partial charge on any atom is -0.410 e. The molecule has 0 aliphatic carbocycles. The number of hydrogen-bond acceptors (Lipinski definition) is 2. The molecule has 5 heteroatoms. The van der Waals surface area contributed by atoms with E-state index in [-0.39, 0.29) is 6.09 Å². The lowest BCUT2D eigenvalue weighted by Gasteiger charge is -2.25. The second-order valence-electron chi connectivity index (χ2n) is 7.38. The van der Waals surface area contributed by atoms with Gasteiger partial charge in [-0.1, -0.05) is 84.1 Å². The largest absolute Gasteiger partial charge is 0.415 e. The zero-order valence-electron chi connectivity index (χ0n) is 16.8. The summed E-state index contributed by atoms with van der Waals surface area (Å²) in [4.78, 5) is 14.4. The molecule has 2 aromatic rings. The summed E-state index contributed by atoms with van der Waals surface area (Å²) in [5.74, 6) is 0.674. The van der Waals surface area contributed by atoms with E-state index in [0.29, 0.717) is 18.8 Å². The molecule has 0 radical (unpaired) electrons. The molecule has 3 nitrogen and oxygen atoms in total. The summed E-state index contributed by atoms with van der Waals surface area (Å²) in [6.45, 7) is 11.9.